The number of hydrogen-bond donors (Lipinski definition) is 0. The van der Waals surface area contributed by atoms with E-state index in [-0.39, 0.29) is 0 Å². The molecule has 27 heavy (non-hydrogen) atoms. The van der Waals surface area contributed by atoms with Gasteiger partial charge in [-0.15, -0.1) is 0 Å². The number of hydrogen-bond acceptors (Lipinski definition) is 1. The molecule has 0 aliphatic heterocycles. The minimum atomic E-state index is 0.630. The molecular formula is C23H18Cl2N2. The van der Waals surface area contributed by atoms with Crippen LogP contribution in [-0.2, 0) is 13.0 Å². The highest BCUT2D eigenvalue weighted by atomic mass is 35.5. The third-order valence-corrected chi connectivity index (χ3v) is 5.21. The predicted molar refractivity (Wildman–Crippen MR) is 115 cm³/mol. The van der Waals surface area contributed by atoms with Crippen LogP contribution in [0, 0.1) is 0 Å². The van der Waals surface area contributed by atoms with Crippen molar-refractivity contribution in [2.24, 2.45) is 0 Å². The van der Waals surface area contributed by atoms with Gasteiger partial charge in [-0.1, -0.05) is 71.7 Å². The van der Waals surface area contributed by atoms with Crippen molar-refractivity contribution in [1.29, 1.82) is 0 Å². The highest BCUT2D eigenvalue weighted by molar-refractivity contribution is 6.37. The summed E-state index contributed by atoms with van der Waals surface area (Å²) in [7, 11) is 0. The van der Waals surface area contributed by atoms with Gasteiger partial charge in [-0.25, -0.2) is 4.98 Å². The molecule has 0 saturated carbocycles. The summed E-state index contributed by atoms with van der Waals surface area (Å²) in [6, 6.07) is 24.2. The molecule has 0 amide bonds. The number of aryl methyl sites for hydroxylation is 2. The molecule has 1 aromatic heterocycles. The number of imidazole rings is 1. The van der Waals surface area contributed by atoms with Gasteiger partial charge in [-0.05, 0) is 48.4 Å². The largest absolute Gasteiger partial charge is 0.324 e. The van der Waals surface area contributed by atoms with Gasteiger partial charge in [-0.3, -0.25) is 0 Å². The van der Waals surface area contributed by atoms with Crippen molar-refractivity contribution < 1.29 is 0 Å². The molecule has 4 aromatic rings. The summed E-state index contributed by atoms with van der Waals surface area (Å²) in [6.45, 7) is 0.848. The second kappa shape index (κ2) is 7.99. The molecule has 1 heterocycles. The maximum absolute atomic E-state index is 6.29. The maximum atomic E-state index is 6.29. The summed E-state index contributed by atoms with van der Waals surface area (Å²) in [4.78, 5) is 4.79. The molecule has 134 valence electrons. The molecule has 0 bridgehead atoms. The summed E-state index contributed by atoms with van der Waals surface area (Å²) in [5.74, 6) is 0.892. The minimum Gasteiger partial charge on any atom is -0.324 e. The normalized spacial score (nSPS) is 11.5. The van der Waals surface area contributed by atoms with Crippen LogP contribution >= 0.6 is 23.2 Å². The van der Waals surface area contributed by atoms with Gasteiger partial charge >= 0.3 is 0 Å². The summed E-state index contributed by atoms with van der Waals surface area (Å²) in [5.41, 5.74) is 4.22. The fourth-order valence-electron chi connectivity index (χ4n) is 3.17. The van der Waals surface area contributed by atoms with Gasteiger partial charge in [0.1, 0.15) is 5.82 Å². The first-order chi connectivity index (χ1) is 13.2. The molecule has 0 aliphatic carbocycles. The van der Waals surface area contributed by atoms with Crippen LogP contribution in [0.3, 0.4) is 0 Å². The van der Waals surface area contributed by atoms with E-state index in [1.54, 1.807) is 0 Å². The zero-order valence-corrected chi connectivity index (χ0v) is 16.2. The summed E-state index contributed by atoms with van der Waals surface area (Å²) in [5, 5.41) is 1.26. The molecule has 3 aromatic carbocycles. The molecule has 0 unspecified atom stereocenters. The quantitative estimate of drug-likeness (QED) is 0.366. The standard InChI is InChI=1S/C23H18Cl2N2/c24-19-9-6-10-20(25)18(19)13-14-23-26-21-11-4-5-12-22(21)27(23)16-15-17-7-2-1-3-8-17/h1-14H,15-16H2/b14-13+. The Kier molecular flexibility index (Phi) is 5.28. The van der Waals surface area contributed by atoms with Crippen LogP contribution in [0.25, 0.3) is 23.2 Å². The van der Waals surface area contributed by atoms with Crippen molar-refractivity contribution in [2.45, 2.75) is 13.0 Å². The zero-order chi connectivity index (χ0) is 18.6. The van der Waals surface area contributed by atoms with Crippen molar-refractivity contribution in [3.63, 3.8) is 0 Å². The number of rotatable bonds is 5. The first-order valence-electron chi connectivity index (χ1n) is 8.83. The fourth-order valence-corrected chi connectivity index (χ4v) is 3.69. The van der Waals surface area contributed by atoms with Gasteiger partial charge in [0.25, 0.3) is 0 Å². The van der Waals surface area contributed by atoms with Crippen LogP contribution in [-0.4, -0.2) is 9.55 Å². The summed E-state index contributed by atoms with van der Waals surface area (Å²) >= 11 is 12.6. The Hall–Kier alpha value is -2.55. The Labute approximate surface area is 168 Å². The first kappa shape index (κ1) is 17.8. The number of halogens is 2. The SMILES string of the molecule is Clc1cccc(Cl)c1/C=C/c1nc2ccccc2n1CCc1ccccc1. The molecule has 0 spiro atoms. The Morgan fingerprint density at radius 2 is 1.48 bits per heavy atom. The molecule has 0 N–H and O–H groups in total. The van der Waals surface area contributed by atoms with E-state index in [0.717, 1.165) is 35.4 Å². The fraction of sp³-hybridized carbons (Fsp3) is 0.0870. The monoisotopic (exact) mass is 392 g/mol. The first-order valence-corrected chi connectivity index (χ1v) is 9.59. The van der Waals surface area contributed by atoms with E-state index in [1.807, 2.05) is 54.6 Å². The van der Waals surface area contributed by atoms with E-state index >= 15 is 0 Å². The number of nitrogens with zero attached hydrogens (tertiary/aromatic N) is 2. The number of benzene rings is 3. The second-order valence-electron chi connectivity index (χ2n) is 6.31. The van der Waals surface area contributed by atoms with Crippen LogP contribution < -0.4 is 0 Å². The van der Waals surface area contributed by atoms with E-state index in [0.29, 0.717) is 10.0 Å². The summed E-state index contributed by atoms with van der Waals surface area (Å²) in [6.07, 6.45) is 4.86. The Bertz CT molecular complexity index is 1080. The zero-order valence-electron chi connectivity index (χ0n) is 14.6. The molecule has 4 heteroatoms. The minimum absolute atomic E-state index is 0.630. The van der Waals surface area contributed by atoms with E-state index in [1.165, 1.54) is 5.56 Å². The highest BCUT2D eigenvalue weighted by Gasteiger charge is 2.09. The lowest BCUT2D eigenvalue weighted by Crippen LogP contribution is -2.03. The average Bonchev–Trinajstić information content (AvgIpc) is 3.04. The van der Waals surface area contributed by atoms with Gasteiger partial charge in [0.2, 0.25) is 0 Å². The van der Waals surface area contributed by atoms with E-state index < -0.39 is 0 Å². The number of aromatic nitrogens is 2. The molecule has 0 radical (unpaired) electrons. The average molecular weight is 393 g/mol. The van der Waals surface area contributed by atoms with Gasteiger partial charge in [-0.2, -0.15) is 0 Å². The van der Waals surface area contributed by atoms with E-state index in [9.17, 15) is 0 Å². The Morgan fingerprint density at radius 3 is 2.26 bits per heavy atom. The smallest absolute Gasteiger partial charge is 0.133 e. The van der Waals surface area contributed by atoms with Crippen molar-refractivity contribution in [2.75, 3.05) is 0 Å². The van der Waals surface area contributed by atoms with Gasteiger partial charge in [0.05, 0.1) is 11.0 Å². The van der Waals surface area contributed by atoms with Crippen molar-refractivity contribution in [1.82, 2.24) is 9.55 Å². The second-order valence-corrected chi connectivity index (χ2v) is 7.13. The third-order valence-electron chi connectivity index (χ3n) is 4.55. The number of para-hydroxylation sites is 2. The maximum Gasteiger partial charge on any atom is 0.133 e. The van der Waals surface area contributed by atoms with Crippen molar-refractivity contribution in [3.05, 3.63) is 99.8 Å². The topological polar surface area (TPSA) is 17.8 Å². The Balaban J connectivity index is 1.70. The van der Waals surface area contributed by atoms with Crippen LogP contribution in [0.5, 0.6) is 0 Å². The van der Waals surface area contributed by atoms with Gasteiger partial charge in [0, 0.05) is 22.2 Å². The van der Waals surface area contributed by atoms with Crippen molar-refractivity contribution >= 4 is 46.4 Å². The highest BCUT2D eigenvalue weighted by Crippen LogP contribution is 2.27. The molecule has 4 rings (SSSR count). The van der Waals surface area contributed by atoms with Crippen LogP contribution in [0.15, 0.2) is 72.8 Å². The third kappa shape index (κ3) is 3.92. The lowest BCUT2D eigenvalue weighted by Gasteiger charge is -2.08. The van der Waals surface area contributed by atoms with E-state index in [4.69, 9.17) is 28.2 Å². The van der Waals surface area contributed by atoms with Crippen LogP contribution in [0.4, 0.5) is 0 Å². The van der Waals surface area contributed by atoms with E-state index in [2.05, 4.69) is 34.9 Å². The molecular weight excluding hydrogens is 375 g/mol. The number of fused-ring (bicyclic) bond motifs is 1. The lowest BCUT2D eigenvalue weighted by molar-refractivity contribution is 0.709. The Morgan fingerprint density at radius 1 is 0.778 bits per heavy atom. The van der Waals surface area contributed by atoms with Crippen LogP contribution in [0.2, 0.25) is 10.0 Å². The van der Waals surface area contributed by atoms with Gasteiger partial charge < -0.3 is 4.57 Å². The lowest BCUT2D eigenvalue weighted by atomic mass is 10.1. The molecule has 0 atom stereocenters. The molecule has 0 fully saturated rings. The van der Waals surface area contributed by atoms with Crippen molar-refractivity contribution in [3.8, 4) is 0 Å². The molecule has 2 nitrogen and oxygen atoms in total. The summed E-state index contributed by atoms with van der Waals surface area (Å²) < 4.78 is 2.24. The molecule has 0 saturated heterocycles. The van der Waals surface area contributed by atoms with Crippen LogP contribution in [0.1, 0.15) is 17.0 Å². The molecule has 0 aliphatic rings. The predicted octanol–water partition coefficient (Wildman–Crippen LogP) is 6.76. The van der Waals surface area contributed by atoms with Gasteiger partial charge in [0.15, 0.2) is 0 Å².